The molecular formula is C45H68. The van der Waals surface area contributed by atoms with Crippen molar-refractivity contribution in [2.75, 3.05) is 0 Å². The summed E-state index contributed by atoms with van der Waals surface area (Å²) >= 11 is 0. The number of allylic oxidation sites excluding steroid dienone is 22. The van der Waals surface area contributed by atoms with Gasteiger partial charge in [-0.3, -0.25) is 0 Å². The van der Waals surface area contributed by atoms with Gasteiger partial charge in [-0.15, -0.1) is 0 Å². The molecule has 0 bridgehead atoms. The Morgan fingerprint density at radius 2 is 1.36 bits per heavy atom. The van der Waals surface area contributed by atoms with Crippen LogP contribution >= 0.6 is 0 Å². The minimum absolute atomic E-state index is 0.293. The van der Waals surface area contributed by atoms with Gasteiger partial charge in [0.15, 0.2) is 0 Å². The van der Waals surface area contributed by atoms with Gasteiger partial charge in [0, 0.05) is 5.92 Å². The summed E-state index contributed by atoms with van der Waals surface area (Å²) in [6.07, 6.45) is 40.9. The zero-order valence-electron chi connectivity index (χ0n) is 31.6. The highest BCUT2D eigenvalue weighted by molar-refractivity contribution is 5.37. The van der Waals surface area contributed by atoms with E-state index in [0.717, 1.165) is 6.42 Å². The molecule has 0 saturated carbocycles. The van der Waals surface area contributed by atoms with Crippen molar-refractivity contribution in [3.63, 3.8) is 0 Å². The maximum atomic E-state index is 2.45. The summed E-state index contributed by atoms with van der Waals surface area (Å²) in [6, 6.07) is 0. The zero-order chi connectivity index (χ0) is 34.0. The molecule has 2 atom stereocenters. The second-order valence-electron chi connectivity index (χ2n) is 15.0. The molecule has 0 aliphatic heterocycles. The third kappa shape index (κ3) is 15.8. The average molecular weight is 609 g/mol. The first-order chi connectivity index (χ1) is 21.1. The molecule has 0 fully saturated rings. The van der Waals surface area contributed by atoms with Crippen molar-refractivity contribution in [1.29, 1.82) is 0 Å². The summed E-state index contributed by atoms with van der Waals surface area (Å²) in [7, 11) is 0. The van der Waals surface area contributed by atoms with Gasteiger partial charge >= 0.3 is 0 Å². The van der Waals surface area contributed by atoms with Gasteiger partial charge < -0.3 is 0 Å². The number of hydrogen-bond acceptors (Lipinski definition) is 0. The first kappa shape index (κ1) is 40.2. The molecule has 0 spiro atoms. The van der Waals surface area contributed by atoms with E-state index in [1.54, 1.807) is 5.57 Å². The molecule has 0 amide bonds. The third-order valence-corrected chi connectivity index (χ3v) is 8.84. The molecule has 0 nitrogen and oxygen atoms in total. The molecule has 2 aliphatic rings. The first-order valence-corrected chi connectivity index (χ1v) is 17.6. The van der Waals surface area contributed by atoms with Gasteiger partial charge in [0.1, 0.15) is 0 Å². The lowest BCUT2D eigenvalue weighted by Gasteiger charge is -2.39. The van der Waals surface area contributed by atoms with Gasteiger partial charge in [-0.2, -0.15) is 0 Å². The van der Waals surface area contributed by atoms with E-state index in [-0.39, 0.29) is 0 Å². The van der Waals surface area contributed by atoms with Crippen LogP contribution in [0.3, 0.4) is 0 Å². The van der Waals surface area contributed by atoms with Crippen molar-refractivity contribution < 1.29 is 0 Å². The topological polar surface area (TPSA) is 0 Å². The Kier molecular flexibility index (Phi) is 18.1. The van der Waals surface area contributed by atoms with E-state index in [2.05, 4.69) is 181 Å². The quantitative estimate of drug-likeness (QED) is 0.162. The molecule has 2 rings (SSSR count). The van der Waals surface area contributed by atoms with Crippen molar-refractivity contribution in [3.8, 4) is 0 Å². The SMILES string of the molecule is CC1=C[C@H](C)CC(C)(C)[C@H]1/C=C/C(C)=C/C=C/C(C)=C/C=C/C/C=C(C)/C=C/C=C(C)/C=C/C1=C(C)CCCC1(C)C.CCC. The van der Waals surface area contributed by atoms with Crippen LogP contribution in [-0.2, 0) is 0 Å². The summed E-state index contributed by atoms with van der Waals surface area (Å²) in [5.74, 6) is 1.20. The normalized spacial score (nSPS) is 23.5. The van der Waals surface area contributed by atoms with E-state index < -0.39 is 0 Å². The Hall–Kier alpha value is -2.86. The summed E-state index contributed by atoms with van der Waals surface area (Å²) in [5.41, 5.74) is 10.3. The third-order valence-electron chi connectivity index (χ3n) is 8.84. The molecule has 0 heteroatoms. The molecule has 2 aliphatic carbocycles. The van der Waals surface area contributed by atoms with Gasteiger partial charge in [-0.05, 0) is 96.0 Å². The molecule has 0 aromatic carbocycles. The zero-order valence-corrected chi connectivity index (χ0v) is 31.6. The molecule has 0 radical (unpaired) electrons. The van der Waals surface area contributed by atoms with E-state index in [9.17, 15) is 0 Å². The Morgan fingerprint density at radius 1 is 0.800 bits per heavy atom. The largest absolute Gasteiger partial charge is 0.0821 e. The van der Waals surface area contributed by atoms with E-state index in [4.69, 9.17) is 0 Å². The molecule has 0 aromatic rings. The molecule has 0 saturated heterocycles. The van der Waals surface area contributed by atoms with Gasteiger partial charge in [-0.1, -0.05) is 179 Å². The Bertz CT molecular complexity index is 1260. The van der Waals surface area contributed by atoms with Crippen molar-refractivity contribution in [2.45, 2.75) is 129 Å². The minimum Gasteiger partial charge on any atom is -0.0821 e. The predicted molar refractivity (Wildman–Crippen MR) is 206 cm³/mol. The van der Waals surface area contributed by atoms with Crippen molar-refractivity contribution >= 4 is 0 Å². The van der Waals surface area contributed by atoms with Crippen molar-refractivity contribution in [2.24, 2.45) is 22.7 Å². The Balaban J connectivity index is 0.00000324. The smallest absolute Gasteiger partial charge is 0.00287 e. The molecule has 0 unspecified atom stereocenters. The highest BCUT2D eigenvalue weighted by atomic mass is 14.4. The van der Waals surface area contributed by atoms with Crippen molar-refractivity contribution in [3.05, 3.63) is 130 Å². The number of rotatable bonds is 11. The summed E-state index contributed by atoms with van der Waals surface area (Å²) in [4.78, 5) is 0. The van der Waals surface area contributed by atoms with Crippen LogP contribution in [0.4, 0.5) is 0 Å². The fraction of sp³-hybridized carbons (Fsp3) is 0.511. The lowest BCUT2D eigenvalue weighted by molar-refractivity contribution is 0.223. The lowest BCUT2D eigenvalue weighted by atomic mass is 9.66. The van der Waals surface area contributed by atoms with Gasteiger partial charge in [0.2, 0.25) is 0 Å². The number of hydrogen-bond donors (Lipinski definition) is 0. The van der Waals surface area contributed by atoms with Crippen LogP contribution in [0.2, 0.25) is 0 Å². The van der Waals surface area contributed by atoms with Crippen LogP contribution in [0.1, 0.15) is 129 Å². The monoisotopic (exact) mass is 609 g/mol. The second-order valence-corrected chi connectivity index (χ2v) is 15.0. The first-order valence-electron chi connectivity index (χ1n) is 17.6. The summed E-state index contributed by atoms with van der Waals surface area (Å²) in [6.45, 7) is 29.4. The summed E-state index contributed by atoms with van der Waals surface area (Å²) < 4.78 is 0. The minimum atomic E-state index is 0.293. The molecular weight excluding hydrogens is 540 g/mol. The maximum Gasteiger partial charge on any atom is 0.00287 e. The lowest BCUT2D eigenvalue weighted by Crippen LogP contribution is -2.29. The molecule has 0 N–H and O–H groups in total. The highest BCUT2D eigenvalue weighted by Crippen LogP contribution is 2.44. The van der Waals surface area contributed by atoms with E-state index in [1.807, 2.05) is 0 Å². The fourth-order valence-electron chi connectivity index (χ4n) is 6.56. The van der Waals surface area contributed by atoms with Crippen LogP contribution in [0, 0.1) is 22.7 Å². The molecule has 248 valence electrons. The van der Waals surface area contributed by atoms with Crippen molar-refractivity contribution in [1.82, 2.24) is 0 Å². The van der Waals surface area contributed by atoms with Crippen LogP contribution < -0.4 is 0 Å². The second kappa shape index (κ2) is 20.3. The molecule has 0 aromatic heterocycles. The maximum absolute atomic E-state index is 2.45. The fourth-order valence-corrected chi connectivity index (χ4v) is 6.56. The highest BCUT2D eigenvalue weighted by Gasteiger charge is 2.33. The molecule has 0 heterocycles. The molecule has 45 heavy (non-hydrogen) atoms. The Morgan fingerprint density at radius 3 is 1.96 bits per heavy atom. The van der Waals surface area contributed by atoms with Gasteiger partial charge in [0.25, 0.3) is 0 Å². The van der Waals surface area contributed by atoms with E-state index >= 15 is 0 Å². The van der Waals surface area contributed by atoms with Gasteiger partial charge in [0.05, 0.1) is 0 Å². The summed E-state index contributed by atoms with van der Waals surface area (Å²) in [5, 5.41) is 0. The van der Waals surface area contributed by atoms with Crippen LogP contribution in [0.5, 0.6) is 0 Å². The standard InChI is InChI=1S/C42H60.C3H8/c1-32(20-15-22-34(3)25-27-39-37(6)24-17-29-41(39,8)9)18-13-12-14-19-33(2)21-16-23-35(4)26-28-40-38(7)30-36(5)31-42(40,10)11;1-3-2/h12,14-16,18-23,25-28,30,36,40H,13,17,24,29,31H2,1-11H3;3H2,1-2H3/b14-12+,20-15+,21-16+,27-25+,28-26+,32-18+,33-19+,34-22+,35-23+;/t36-,40-;/m0./s1. The van der Waals surface area contributed by atoms with E-state index in [1.165, 1.54) is 65.5 Å². The van der Waals surface area contributed by atoms with Crippen LogP contribution in [0.15, 0.2) is 130 Å². The van der Waals surface area contributed by atoms with Crippen LogP contribution in [-0.4, -0.2) is 0 Å². The Labute approximate surface area is 280 Å². The predicted octanol–water partition coefficient (Wildman–Crippen LogP) is 14.5. The van der Waals surface area contributed by atoms with Crippen LogP contribution in [0.25, 0.3) is 0 Å². The average Bonchev–Trinajstić information content (AvgIpc) is 2.91. The van der Waals surface area contributed by atoms with Gasteiger partial charge in [-0.25, -0.2) is 0 Å². The van der Waals surface area contributed by atoms with E-state index in [0.29, 0.717) is 22.7 Å².